The van der Waals surface area contributed by atoms with Crippen molar-refractivity contribution >= 4 is 0 Å². The third kappa shape index (κ3) is 5.21. The predicted octanol–water partition coefficient (Wildman–Crippen LogP) is 6.25. The van der Waals surface area contributed by atoms with Gasteiger partial charge in [0.1, 0.15) is 17.2 Å². The minimum atomic E-state index is -0.213. The average Bonchev–Trinajstić information content (AvgIpc) is 2.88. The second-order valence-corrected chi connectivity index (χ2v) is 10.7. The molecule has 0 aromatic heterocycles. The molecule has 1 aliphatic rings. The number of hydrogen-bond donors (Lipinski definition) is 5. The fourth-order valence-corrected chi connectivity index (χ4v) is 6.12. The topological polar surface area (TPSA) is 101 Å². The molecule has 1 aliphatic carbocycles. The first-order chi connectivity index (χ1) is 17.7. The Morgan fingerprint density at radius 3 is 1.62 bits per heavy atom. The van der Waals surface area contributed by atoms with E-state index in [1.165, 1.54) is 6.42 Å². The maximum atomic E-state index is 11.1. The Morgan fingerprint density at radius 2 is 1.11 bits per heavy atom. The average molecular weight is 505 g/mol. The maximum absolute atomic E-state index is 11.1. The van der Waals surface area contributed by atoms with Gasteiger partial charge in [-0.15, -0.1) is 0 Å². The first-order valence-corrected chi connectivity index (χ1v) is 13.3. The number of phenols is 3. The standard InChI is InChI=1S/C32H40O5/c1-18-20(3)27(16-33)30(36)14-24(18)12-23-10-11-29(35)32(22-8-6-5-7-9-22)26(23)13-25-15-31(37)28(17-34)21(4)19(25)2/h10-11,14-15,22,33-37H,5-9,12-13,16-17H2,1-4H3. The van der Waals surface area contributed by atoms with E-state index in [2.05, 4.69) is 0 Å². The highest BCUT2D eigenvalue weighted by Gasteiger charge is 2.25. The second kappa shape index (κ2) is 11.2. The molecule has 0 bridgehead atoms. The molecule has 1 saturated carbocycles. The monoisotopic (exact) mass is 504 g/mol. The molecule has 0 aliphatic heterocycles. The molecule has 0 spiro atoms. The van der Waals surface area contributed by atoms with Crippen LogP contribution in [0.3, 0.4) is 0 Å². The van der Waals surface area contributed by atoms with E-state index in [4.69, 9.17) is 0 Å². The molecule has 3 aromatic carbocycles. The van der Waals surface area contributed by atoms with E-state index < -0.39 is 0 Å². The smallest absolute Gasteiger partial charge is 0.121 e. The van der Waals surface area contributed by atoms with E-state index in [-0.39, 0.29) is 30.6 Å². The molecule has 1 fully saturated rings. The molecule has 37 heavy (non-hydrogen) atoms. The van der Waals surface area contributed by atoms with Crippen molar-refractivity contribution in [2.75, 3.05) is 0 Å². The molecule has 0 heterocycles. The Kier molecular flexibility index (Phi) is 8.15. The van der Waals surface area contributed by atoms with E-state index in [0.29, 0.717) is 29.7 Å². The van der Waals surface area contributed by atoms with E-state index in [0.717, 1.165) is 75.8 Å². The highest BCUT2D eigenvalue weighted by atomic mass is 16.3. The van der Waals surface area contributed by atoms with E-state index in [9.17, 15) is 25.5 Å². The lowest BCUT2D eigenvalue weighted by molar-refractivity contribution is 0.274. The van der Waals surface area contributed by atoms with Gasteiger partial charge in [0.05, 0.1) is 13.2 Å². The zero-order valence-corrected chi connectivity index (χ0v) is 22.5. The van der Waals surface area contributed by atoms with Gasteiger partial charge in [-0.1, -0.05) is 25.3 Å². The zero-order chi connectivity index (χ0) is 26.9. The number of benzene rings is 3. The lowest BCUT2D eigenvalue weighted by atomic mass is 9.77. The highest BCUT2D eigenvalue weighted by Crippen LogP contribution is 2.42. The third-order valence-electron chi connectivity index (χ3n) is 8.74. The van der Waals surface area contributed by atoms with Crippen molar-refractivity contribution in [1.29, 1.82) is 0 Å². The van der Waals surface area contributed by atoms with Crippen LogP contribution in [0.4, 0.5) is 0 Å². The van der Waals surface area contributed by atoms with Crippen LogP contribution >= 0.6 is 0 Å². The van der Waals surface area contributed by atoms with Gasteiger partial charge in [0.25, 0.3) is 0 Å². The molecule has 4 rings (SSSR count). The molecule has 198 valence electrons. The molecular formula is C32H40O5. The molecule has 0 unspecified atom stereocenters. The van der Waals surface area contributed by atoms with Crippen molar-refractivity contribution < 1.29 is 25.5 Å². The van der Waals surface area contributed by atoms with E-state index >= 15 is 0 Å². The van der Waals surface area contributed by atoms with Crippen LogP contribution in [0.2, 0.25) is 0 Å². The third-order valence-corrected chi connectivity index (χ3v) is 8.74. The van der Waals surface area contributed by atoms with Gasteiger partial charge in [-0.3, -0.25) is 0 Å². The summed E-state index contributed by atoms with van der Waals surface area (Å²) < 4.78 is 0. The SMILES string of the molecule is Cc1c(Cc2ccc(O)c(C3CCCCC3)c2Cc2cc(O)c(CO)c(C)c2C)cc(O)c(CO)c1C. The largest absolute Gasteiger partial charge is 0.508 e. The molecule has 5 nitrogen and oxygen atoms in total. The maximum Gasteiger partial charge on any atom is 0.121 e. The fourth-order valence-electron chi connectivity index (χ4n) is 6.12. The molecule has 0 saturated heterocycles. The molecule has 5 N–H and O–H groups in total. The van der Waals surface area contributed by atoms with E-state index in [1.807, 2.05) is 33.8 Å². The number of hydrogen-bond acceptors (Lipinski definition) is 5. The fraction of sp³-hybridized carbons (Fsp3) is 0.438. The quantitative estimate of drug-likeness (QED) is 0.262. The van der Waals surface area contributed by atoms with Crippen LogP contribution in [0, 0.1) is 27.7 Å². The van der Waals surface area contributed by atoms with Crippen molar-refractivity contribution in [2.45, 2.75) is 91.8 Å². The first kappa shape index (κ1) is 27.0. The normalized spacial score (nSPS) is 14.3. The summed E-state index contributed by atoms with van der Waals surface area (Å²) in [6.07, 6.45) is 6.73. The Bertz CT molecular complexity index is 1300. The summed E-state index contributed by atoms with van der Waals surface area (Å²) in [6, 6.07) is 7.29. The van der Waals surface area contributed by atoms with Crippen molar-refractivity contribution in [1.82, 2.24) is 0 Å². The van der Waals surface area contributed by atoms with Gasteiger partial charge in [0.15, 0.2) is 0 Å². The van der Waals surface area contributed by atoms with Gasteiger partial charge in [0.2, 0.25) is 0 Å². The summed E-state index contributed by atoms with van der Waals surface area (Å²) in [6.45, 7) is 7.46. The lowest BCUT2D eigenvalue weighted by Gasteiger charge is -2.28. The number of aliphatic hydroxyl groups is 2. The Morgan fingerprint density at radius 1 is 0.595 bits per heavy atom. The van der Waals surface area contributed by atoms with Gasteiger partial charge >= 0.3 is 0 Å². The summed E-state index contributed by atoms with van der Waals surface area (Å²) in [4.78, 5) is 0. The van der Waals surface area contributed by atoms with Crippen molar-refractivity contribution in [3.05, 3.63) is 85.5 Å². The van der Waals surface area contributed by atoms with Crippen LogP contribution in [0.5, 0.6) is 17.2 Å². The predicted molar refractivity (Wildman–Crippen MR) is 147 cm³/mol. The van der Waals surface area contributed by atoms with Gasteiger partial charge in [-0.05, 0) is 122 Å². The summed E-state index contributed by atoms with van der Waals surface area (Å²) in [5, 5.41) is 51.8. The minimum absolute atomic E-state index is 0.0949. The van der Waals surface area contributed by atoms with Gasteiger partial charge < -0.3 is 25.5 Å². The second-order valence-electron chi connectivity index (χ2n) is 10.7. The molecule has 3 aromatic rings. The van der Waals surface area contributed by atoms with Gasteiger partial charge in [-0.2, -0.15) is 0 Å². The number of phenolic OH excluding ortho intramolecular Hbond substituents is 1. The lowest BCUT2D eigenvalue weighted by Crippen LogP contribution is -2.12. The van der Waals surface area contributed by atoms with Gasteiger partial charge in [0, 0.05) is 16.7 Å². The summed E-state index contributed by atoms with van der Waals surface area (Å²) in [5.41, 5.74) is 10.1. The number of rotatable bonds is 7. The molecule has 0 amide bonds. The van der Waals surface area contributed by atoms with Crippen LogP contribution in [0.1, 0.15) is 99.2 Å². The number of aliphatic hydroxyl groups excluding tert-OH is 2. The van der Waals surface area contributed by atoms with Crippen molar-refractivity contribution in [3.63, 3.8) is 0 Å². The summed E-state index contributed by atoms with van der Waals surface area (Å²) in [5.74, 6) is 0.799. The Labute approximate surface area is 220 Å². The van der Waals surface area contributed by atoms with Crippen LogP contribution in [-0.2, 0) is 26.1 Å². The molecular weight excluding hydrogens is 464 g/mol. The zero-order valence-electron chi connectivity index (χ0n) is 22.5. The molecule has 0 atom stereocenters. The highest BCUT2D eigenvalue weighted by molar-refractivity contribution is 5.56. The Hall–Kier alpha value is -3.02. The molecule has 0 radical (unpaired) electrons. The van der Waals surface area contributed by atoms with Crippen LogP contribution in [0.15, 0.2) is 24.3 Å². The van der Waals surface area contributed by atoms with Crippen molar-refractivity contribution in [2.24, 2.45) is 0 Å². The van der Waals surface area contributed by atoms with Crippen LogP contribution in [0.25, 0.3) is 0 Å². The minimum Gasteiger partial charge on any atom is -0.508 e. The summed E-state index contributed by atoms with van der Waals surface area (Å²) >= 11 is 0. The van der Waals surface area contributed by atoms with Crippen LogP contribution < -0.4 is 0 Å². The summed E-state index contributed by atoms with van der Waals surface area (Å²) in [7, 11) is 0. The Balaban J connectivity index is 1.88. The van der Waals surface area contributed by atoms with Crippen LogP contribution in [-0.4, -0.2) is 25.5 Å². The van der Waals surface area contributed by atoms with Crippen molar-refractivity contribution in [3.8, 4) is 17.2 Å². The van der Waals surface area contributed by atoms with E-state index in [1.54, 1.807) is 18.2 Å². The number of aromatic hydroxyl groups is 3. The molecule has 5 heteroatoms. The first-order valence-electron chi connectivity index (χ1n) is 13.3. The van der Waals surface area contributed by atoms with Gasteiger partial charge in [-0.25, -0.2) is 0 Å².